The predicted octanol–water partition coefficient (Wildman–Crippen LogP) is 4.41. The summed E-state index contributed by atoms with van der Waals surface area (Å²) in [4.78, 5) is 15.4. The fourth-order valence-electron chi connectivity index (χ4n) is 2.40. The van der Waals surface area contributed by atoms with Crippen LogP contribution in [0.15, 0.2) is 42.5 Å². The summed E-state index contributed by atoms with van der Waals surface area (Å²) in [6.45, 7) is 0.368. The first-order chi connectivity index (χ1) is 11.1. The summed E-state index contributed by atoms with van der Waals surface area (Å²) in [5.74, 6) is 0.513. The Morgan fingerprint density at radius 2 is 2.00 bits per heavy atom. The highest BCUT2D eigenvalue weighted by atomic mass is 35.5. The van der Waals surface area contributed by atoms with E-state index in [0.29, 0.717) is 22.3 Å². The number of aromatic amines is 1. The van der Waals surface area contributed by atoms with Crippen molar-refractivity contribution < 1.29 is 9.53 Å². The quantitative estimate of drug-likeness (QED) is 0.733. The predicted molar refractivity (Wildman–Crippen MR) is 92.5 cm³/mol. The van der Waals surface area contributed by atoms with Crippen LogP contribution in [0.4, 0.5) is 0 Å². The third kappa shape index (κ3) is 3.28. The summed E-state index contributed by atoms with van der Waals surface area (Å²) in [6.07, 6.45) is 0. The maximum absolute atomic E-state index is 12.3. The molecule has 6 heteroatoms. The molecule has 0 saturated carbocycles. The number of carbonyl (C=O) groups is 1. The normalized spacial score (nSPS) is 10.7. The van der Waals surface area contributed by atoms with Crippen LogP contribution in [0, 0.1) is 0 Å². The number of amides is 1. The number of ether oxygens (including phenoxy) is 1. The molecule has 1 amide bonds. The van der Waals surface area contributed by atoms with Crippen molar-refractivity contribution in [1.82, 2.24) is 10.3 Å². The monoisotopic (exact) mass is 348 g/mol. The zero-order valence-electron chi connectivity index (χ0n) is 12.3. The Morgan fingerprint density at radius 1 is 1.22 bits per heavy atom. The molecular weight excluding hydrogens is 335 g/mol. The third-order valence-corrected chi connectivity index (χ3v) is 4.06. The molecule has 0 bridgehead atoms. The molecule has 4 nitrogen and oxygen atoms in total. The average Bonchev–Trinajstić information content (AvgIpc) is 2.97. The van der Waals surface area contributed by atoms with Crippen molar-refractivity contribution in [3.63, 3.8) is 0 Å². The lowest BCUT2D eigenvalue weighted by molar-refractivity contribution is 0.0946. The van der Waals surface area contributed by atoms with Crippen LogP contribution < -0.4 is 10.1 Å². The van der Waals surface area contributed by atoms with Gasteiger partial charge in [0.25, 0.3) is 5.91 Å². The molecule has 0 atom stereocenters. The number of hydrogen-bond donors (Lipinski definition) is 2. The van der Waals surface area contributed by atoms with Crippen molar-refractivity contribution in [1.29, 1.82) is 0 Å². The molecule has 0 radical (unpaired) electrons. The van der Waals surface area contributed by atoms with Crippen molar-refractivity contribution in [3.05, 3.63) is 63.8 Å². The zero-order valence-corrected chi connectivity index (χ0v) is 13.8. The first kappa shape index (κ1) is 15.7. The standard InChI is InChI=1S/C17H14Cl2N2O2/c1-23-16-5-3-2-4-10(16)9-20-17(22)15-8-12-13(19)6-11(18)7-14(12)21-15/h2-8,21H,9H2,1H3,(H,20,22). The van der Waals surface area contributed by atoms with E-state index in [4.69, 9.17) is 27.9 Å². The van der Waals surface area contributed by atoms with E-state index in [0.717, 1.165) is 22.2 Å². The smallest absolute Gasteiger partial charge is 0.267 e. The molecule has 3 rings (SSSR count). The van der Waals surface area contributed by atoms with E-state index < -0.39 is 0 Å². The summed E-state index contributed by atoms with van der Waals surface area (Å²) < 4.78 is 5.27. The zero-order chi connectivity index (χ0) is 16.4. The number of fused-ring (bicyclic) bond motifs is 1. The molecule has 0 unspecified atom stereocenters. The molecule has 0 aliphatic rings. The highest BCUT2D eigenvalue weighted by Crippen LogP contribution is 2.28. The highest BCUT2D eigenvalue weighted by molar-refractivity contribution is 6.38. The first-order valence-corrected chi connectivity index (χ1v) is 7.72. The van der Waals surface area contributed by atoms with E-state index in [9.17, 15) is 4.79 Å². The molecule has 2 aromatic carbocycles. The van der Waals surface area contributed by atoms with Crippen molar-refractivity contribution in [2.75, 3.05) is 7.11 Å². The molecule has 1 heterocycles. The van der Waals surface area contributed by atoms with Crippen LogP contribution in [-0.2, 0) is 6.54 Å². The maximum atomic E-state index is 12.3. The number of aromatic nitrogens is 1. The van der Waals surface area contributed by atoms with Crippen molar-refractivity contribution in [2.45, 2.75) is 6.54 Å². The Morgan fingerprint density at radius 3 is 2.78 bits per heavy atom. The van der Waals surface area contributed by atoms with Gasteiger partial charge in [-0.1, -0.05) is 41.4 Å². The minimum atomic E-state index is -0.223. The van der Waals surface area contributed by atoms with E-state index in [1.165, 1.54) is 0 Å². The van der Waals surface area contributed by atoms with Gasteiger partial charge >= 0.3 is 0 Å². The van der Waals surface area contributed by atoms with E-state index in [2.05, 4.69) is 10.3 Å². The van der Waals surface area contributed by atoms with Gasteiger partial charge < -0.3 is 15.0 Å². The lowest BCUT2D eigenvalue weighted by Gasteiger charge is -2.08. The summed E-state index contributed by atoms with van der Waals surface area (Å²) in [7, 11) is 1.60. The Kier molecular flexibility index (Phi) is 4.46. The van der Waals surface area contributed by atoms with Crippen molar-refractivity contribution in [2.24, 2.45) is 0 Å². The van der Waals surface area contributed by atoms with Crippen molar-refractivity contribution >= 4 is 40.0 Å². The number of rotatable bonds is 4. The van der Waals surface area contributed by atoms with Crippen LogP contribution in [0.1, 0.15) is 16.1 Å². The lowest BCUT2D eigenvalue weighted by Crippen LogP contribution is -2.23. The van der Waals surface area contributed by atoms with Crippen LogP contribution >= 0.6 is 23.2 Å². The van der Waals surface area contributed by atoms with Crippen LogP contribution in [0.5, 0.6) is 5.75 Å². The molecular formula is C17H14Cl2N2O2. The Bertz CT molecular complexity index is 874. The van der Waals surface area contributed by atoms with Gasteiger partial charge in [0.2, 0.25) is 0 Å². The molecule has 2 N–H and O–H groups in total. The highest BCUT2D eigenvalue weighted by Gasteiger charge is 2.12. The topological polar surface area (TPSA) is 54.1 Å². The molecule has 118 valence electrons. The van der Waals surface area contributed by atoms with E-state index >= 15 is 0 Å². The number of nitrogens with one attached hydrogen (secondary N) is 2. The van der Waals surface area contributed by atoms with E-state index in [1.807, 2.05) is 24.3 Å². The fraction of sp³-hybridized carbons (Fsp3) is 0.118. The van der Waals surface area contributed by atoms with Gasteiger partial charge in [0.15, 0.2) is 0 Å². The van der Waals surface area contributed by atoms with Crippen molar-refractivity contribution in [3.8, 4) is 5.75 Å². The summed E-state index contributed by atoms with van der Waals surface area (Å²) in [5, 5.41) is 4.65. The number of methoxy groups -OCH3 is 1. The molecule has 0 aliphatic heterocycles. The molecule has 1 aromatic heterocycles. The maximum Gasteiger partial charge on any atom is 0.267 e. The van der Waals surface area contributed by atoms with Gasteiger partial charge in [-0.15, -0.1) is 0 Å². The van der Waals surface area contributed by atoms with Gasteiger partial charge in [0.1, 0.15) is 11.4 Å². The largest absolute Gasteiger partial charge is 0.496 e. The SMILES string of the molecule is COc1ccccc1CNC(=O)c1cc2c(Cl)cc(Cl)cc2[nH]1. The molecule has 0 spiro atoms. The first-order valence-electron chi connectivity index (χ1n) is 6.96. The number of hydrogen-bond acceptors (Lipinski definition) is 2. The number of para-hydroxylation sites is 1. The van der Waals surface area contributed by atoms with Crippen LogP contribution in [-0.4, -0.2) is 18.0 Å². The number of benzene rings is 2. The Labute approximate surface area is 143 Å². The number of halogens is 2. The van der Waals surface area contributed by atoms with Gasteiger partial charge in [0.05, 0.1) is 12.1 Å². The molecule has 3 aromatic rings. The van der Waals surface area contributed by atoms with E-state index in [-0.39, 0.29) is 5.91 Å². The third-order valence-electron chi connectivity index (χ3n) is 3.53. The molecule has 23 heavy (non-hydrogen) atoms. The second kappa shape index (κ2) is 6.52. The fourth-order valence-corrected chi connectivity index (χ4v) is 2.95. The lowest BCUT2D eigenvalue weighted by atomic mass is 10.2. The van der Waals surface area contributed by atoms with E-state index in [1.54, 1.807) is 25.3 Å². The van der Waals surface area contributed by atoms with Gasteiger partial charge in [-0.05, 0) is 24.3 Å². The number of carbonyl (C=O) groups excluding carboxylic acids is 1. The summed E-state index contributed by atoms with van der Waals surface area (Å²) in [6, 6.07) is 12.6. The average molecular weight is 349 g/mol. The minimum Gasteiger partial charge on any atom is -0.496 e. The van der Waals surface area contributed by atoms with Gasteiger partial charge in [-0.2, -0.15) is 0 Å². The van der Waals surface area contributed by atoms with Gasteiger partial charge in [-0.3, -0.25) is 4.79 Å². The minimum absolute atomic E-state index is 0.223. The number of H-pyrrole nitrogens is 1. The second-order valence-corrected chi connectivity index (χ2v) is 5.87. The molecule has 0 aliphatic carbocycles. The molecule has 0 fully saturated rings. The van der Waals surface area contributed by atoms with Crippen LogP contribution in [0.25, 0.3) is 10.9 Å². The second-order valence-electron chi connectivity index (χ2n) is 5.03. The summed E-state index contributed by atoms with van der Waals surface area (Å²) >= 11 is 12.1. The van der Waals surface area contributed by atoms with Gasteiger partial charge in [0, 0.05) is 28.0 Å². The van der Waals surface area contributed by atoms with Crippen LogP contribution in [0.3, 0.4) is 0 Å². The Hall–Kier alpha value is -2.17. The Balaban J connectivity index is 1.80. The van der Waals surface area contributed by atoms with Gasteiger partial charge in [-0.25, -0.2) is 0 Å². The summed E-state index contributed by atoms with van der Waals surface area (Å²) in [5.41, 5.74) is 2.06. The molecule has 0 saturated heterocycles. The van der Waals surface area contributed by atoms with Crippen LogP contribution in [0.2, 0.25) is 10.0 Å².